The molecule has 3 atom stereocenters. The van der Waals surface area contributed by atoms with Gasteiger partial charge in [-0.2, -0.15) is 11.8 Å². The minimum absolute atomic E-state index is 0.0102. The topological polar surface area (TPSA) is 122 Å². The van der Waals surface area contributed by atoms with Crippen LogP contribution in [0.5, 0.6) is 0 Å². The maximum absolute atomic E-state index is 13.0. The summed E-state index contributed by atoms with van der Waals surface area (Å²) in [6, 6.07) is 6.46. The summed E-state index contributed by atoms with van der Waals surface area (Å²) < 4.78 is 10.8. The lowest BCUT2D eigenvalue weighted by Gasteiger charge is -2.47. The molecule has 1 aromatic carbocycles. The molecule has 1 heterocycles. The lowest BCUT2D eigenvalue weighted by molar-refractivity contribution is -0.142. The highest BCUT2D eigenvalue weighted by Crippen LogP contribution is 2.46. The van der Waals surface area contributed by atoms with E-state index in [0.29, 0.717) is 19.4 Å². The number of carbonyl (C=O) groups excluding carboxylic acids is 3. The molecule has 1 aliphatic rings. The maximum atomic E-state index is 13.0. The van der Waals surface area contributed by atoms with Gasteiger partial charge in [0.1, 0.15) is 11.6 Å². The number of benzene rings is 1. The molecule has 9 nitrogen and oxygen atoms in total. The van der Waals surface area contributed by atoms with Crippen molar-refractivity contribution in [2.75, 3.05) is 19.9 Å². The van der Waals surface area contributed by atoms with Gasteiger partial charge in [-0.05, 0) is 61.8 Å². The number of methoxy groups -OCH3 is 1. The minimum Gasteiger partial charge on any atom is -0.467 e. The number of nitrogens with one attached hydrogen (secondary N) is 4. The Morgan fingerprint density at radius 3 is 2.48 bits per heavy atom. The number of esters is 1. The summed E-state index contributed by atoms with van der Waals surface area (Å²) in [7, 11) is 1.32. The third-order valence-electron chi connectivity index (χ3n) is 8.10. The summed E-state index contributed by atoms with van der Waals surface area (Å²) >= 11 is 1.75. The van der Waals surface area contributed by atoms with Crippen LogP contribution in [0.4, 0.5) is 9.59 Å². The number of hydrogen-bond donors (Lipinski definition) is 4. The third-order valence-corrected chi connectivity index (χ3v) is 9.35. The second-order valence-corrected chi connectivity index (χ2v) is 15.7. The van der Waals surface area contributed by atoms with Crippen LogP contribution in [0.25, 0.3) is 10.9 Å². The monoisotopic (exact) mass is 602 g/mol. The molecule has 1 saturated carbocycles. The molecule has 3 rings (SSSR count). The van der Waals surface area contributed by atoms with E-state index < -0.39 is 29.7 Å². The van der Waals surface area contributed by atoms with E-state index in [2.05, 4.69) is 61.8 Å². The fourth-order valence-corrected chi connectivity index (χ4v) is 7.30. The number of thioether (sulfide) groups is 1. The molecular weight excluding hydrogens is 552 g/mol. The summed E-state index contributed by atoms with van der Waals surface area (Å²) in [4.78, 5) is 41.8. The normalized spacial score (nSPS) is 21.3. The van der Waals surface area contributed by atoms with Crippen LogP contribution in [0.3, 0.4) is 0 Å². The van der Waals surface area contributed by atoms with Gasteiger partial charge in [0.2, 0.25) is 0 Å². The highest BCUT2D eigenvalue weighted by molar-refractivity contribution is 7.99. The Morgan fingerprint density at radius 1 is 1.12 bits per heavy atom. The number of H-pyrrole nitrogens is 1. The zero-order valence-electron chi connectivity index (χ0n) is 26.7. The number of carbonyl (C=O) groups is 3. The van der Waals surface area contributed by atoms with Gasteiger partial charge in [-0.1, -0.05) is 52.8 Å². The molecule has 1 aromatic heterocycles. The third kappa shape index (κ3) is 9.57. The molecule has 1 fully saturated rings. The highest BCUT2D eigenvalue weighted by Gasteiger charge is 2.42. The first-order valence-electron chi connectivity index (χ1n) is 14.7. The highest BCUT2D eigenvalue weighted by atomic mass is 32.2. The molecule has 10 heteroatoms. The Kier molecular flexibility index (Phi) is 10.6. The molecule has 3 unspecified atom stereocenters. The molecule has 2 aromatic rings. The van der Waals surface area contributed by atoms with Crippen molar-refractivity contribution < 1.29 is 23.9 Å². The largest absolute Gasteiger partial charge is 0.467 e. The Morgan fingerprint density at radius 2 is 1.81 bits per heavy atom. The molecule has 0 bridgehead atoms. The molecule has 1 aliphatic carbocycles. The van der Waals surface area contributed by atoms with Crippen molar-refractivity contribution in [2.45, 2.75) is 103 Å². The van der Waals surface area contributed by atoms with Crippen LogP contribution in [-0.4, -0.2) is 65.4 Å². The fraction of sp³-hybridized carbons (Fsp3) is 0.656. The zero-order chi connectivity index (χ0) is 31.3. The second kappa shape index (κ2) is 13.2. The van der Waals surface area contributed by atoms with Gasteiger partial charge < -0.3 is 30.4 Å². The Bertz CT molecular complexity index is 1260. The van der Waals surface area contributed by atoms with Gasteiger partial charge in [0, 0.05) is 47.3 Å². The molecule has 42 heavy (non-hydrogen) atoms. The molecule has 0 spiro atoms. The first-order valence-corrected chi connectivity index (χ1v) is 15.9. The van der Waals surface area contributed by atoms with E-state index in [-0.39, 0.29) is 21.6 Å². The number of fused-ring (bicyclic) bond motifs is 1. The van der Waals surface area contributed by atoms with Crippen molar-refractivity contribution in [1.29, 1.82) is 0 Å². The number of ether oxygens (including phenoxy) is 2. The number of rotatable bonds is 11. The molecule has 0 saturated heterocycles. The fourth-order valence-electron chi connectivity index (χ4n) is 6.81. The quantitative estimate of drug-likeness (QED) is 0.228. The summed E-state index contributed by atoms with van der Waals surface area (Å²) in [5.41, 5.74) is 0.956. The van der Waals surface area contributed by atoms with E-state index in [9.17, 15) is 14.4 Å². The summed E-state index contributed by atoms with van der Waals surface area (Å²) in [6.07, 6.45) is 6.92. The van der Waals surface area contributed by atoms with E-state index in [0.717, 1.165) is 35.7 Å². The average Bonchev–Trinajstić information content (AvgIpc) is 3.27. The van der Waals surface area contributed by atoms with Gasteiger partial charge in [-0.25, -0.2) is 14.4 Å². The average molecular weight is 603 g/mol. The standard InChI is InChI=1S/C32H50N4O5S/c1-29(2)15-22(35-28(39)41-30(3,4)19-31(5,6)42-9)16-32(7,18-29)20-34-27(38)36-25(26(37)40-8)14-21-17-33-24-13-11-10-12-23(21)24/h10-13,17,22,25,33H,14-16,18-20H2,1-9H3,(H,35,39)(H2,34,36,38). The smallest absolute Gasteiger partial charge is 0.407 e. The Balaban J connectivity index is 1.60. The zero-order valence-corrected chi connectivity index (χ0v) is 27.6. The van der Waals surface area contributed by atoms with Crippen molar-refractivity contribution in [3.05, 3.63) is 36.0 Å². The molecule has 3 amide bonds. The first kappa shape index (κ1) is 33.6. The van der Waals surface area contributed by atoms with Crippen molar-refractivity contribution in [3.63, 3.8) is 0 Å². The minimum atomic E-state index is -0.839. The number of para-hydroxylation sites is 1. The van der Waals surface area contributed by atoms with Crippen LogP contribution >= 0.6 is 11.8 Å². The van der Waals surface area contributed by atoms with E-state index in [1.165, 1.54) is 7.11 Å². The van der Waals surface area contributed by atoms with Gasteiger partial charge in [-0.15, -0.1) is 0 Å². The van der Waals surface area contributed by atoms with Crippen LogP contribution in [0, 0.1) is 10.8 Å². The number of amides is 3. The predicted molar refractivity (Wildman–Crippen MR) is 170 cm³/mol. The Labute approximate surface area is 255 Å². The maximum Gasteiger partial charge on any atom is 0.407 e. The van der Waals surface area contributed by atoms with E-state index in [1.54, 1.807) is 11.8 Å². The summed E-state index contributed by atoms with van der Waals surface area (Å²) in [6.45, 7) is 15.1. The van der Waals surface area contributed by atoms with E-state index in [1.807, 2.05) is 44.3 Å². The number of hydrogen-bond acceptors (Lipinski definition) is 6. The van der Waals surface area contributed by atoms with Crippen molar-refractivity contribution in [2.24, 2.45) is 10.8 Å². The van der Waals surface area contributed by atoms with E-state index in [4.69, 9.17) is 9.47 Å². The van der Waals surface area contributed by atoms with Gasteiger partial charge in [0.15, 0.2) is 0 Å². The van der Waals surface area contributed by atoms with Crippen LogP contribution in [0.15, 0.2) is 30.5 Å². The van der Waals surface area contributed by atoms with Gasteiger partial charge in [-0.3, -0.25) is 0 Å². The number of alkyl carbamates (subject to hydrolysis) is 1. The van der Waals surface area contributed by atoms with Gasteiger partial charge >= 0.3 is 18.1 Å². The number of aromatic nitrogens is 1. The first-order chi connectivity index (χ1) is 19.5. The molecule has 4 N–H and O–H groups in total. The lowest BCUT2D eigenvalue weighted by Crippen LogP contribution is -2.53. The molecular formula is C32H50N4O5S. The van der Waals surface area contributed by atoms with Crippen LogP contribution < -0.4 is 16.0 Å². The van der Waals surface area contributed by atoms with Crippen molar-refractivity contribution >= 4 is 40.8 Å². The van der Waals surface area contributed by atoms with E-state index >= 15 is 0 Å². The second-order valence-electron chi connectivity index (χ2n) is 14.2. The number of urea groups is 1. The Hall–Kier alpha value is -2.88. The predicted octanol–water partition coefficient (Wildman–Crippen LogP) is 6.17. The van der Waals surface area contributed by atoms with Crippen molar-refractivity contribution in [1.82, 2.24) is 20.9 Å². The van der Waals surface area contributed by atoms with Gasteiger partial charge in [0.05, 0.1) is 7.11 Å². The van der Waals surface area contributed by atoms with Crippen molar-refractivity contribution in [3.8, 4) is 0 Å². The van der Waals surface area contributed by atoms with Crippen LogP contribution in [-0.2, 0) is 20.7 Å². The SMILES string of the molecule is COC(=O)C(Cc1c[nH]c2ccccc12)NC(=O)NCC1(C)CC(NC(=O)OC(C)(C)CC(C)(C)SC)CC(C)(C)C1. The lowest BCUT2D eigenvalue weighted by atomic mass is 9.62. The molecule has 0 radical (unpaired) electrons. The molecule has 234 valence electrons. The molecule has 0 aliphatic heterocycles. The van der Waals surface area contributed by atoms with Crippen LogP contribution in [0.1, 0.15) is 79.7 Å². The summed E-state index contributed by atoms with van der Waals surface area (Å²) in [5.74, 6) is -0.507. The van der Waals surface area contributed by atoms with Crippen LogP contribution in [0.2, 0.25) is 0 Å². The van der Waals surface area contributed by atoms with Gasteiger partial charge in [0.25, 0.3) is 0 Å². The number of aromatic amines is 1. The summed E-state index contributed by atoms with van der Waals surface area (Å²) in [5, 5.41) is 9.91.